The van der Waals surface area contributed by atoms with Crippen LogP contribution in [0.4, 0.5) is 13.2 Å². The normalized spacial score (nSPS) is 14.5. The van der Waals surface area contributed by atoms with Gasteiger partial charge in [-0.05, 0) is 43.9 Å². The lowest BCUT2D eigenvalue weighted by molar-refractivity contribution is -0.154. The predicted octanol–water partition coefficient (Wildman–Crippen LogP) is 3.34. The molecule has 0 unspecified atom stereocenters. The van der Waals surface area contributed by atoms with Gasteiger partial charge in [-0.1, -0.05) is 0 Å². The van der Waals surface area contributed by atoms with Crippen LogP contribution < -0.4 is 10.1 Å². The maximum atomic E-state index is 12.3. The largest absolute Gasteiger partial charge is 0.468 e. The number of nitrogens with zero attached hydrogens (tertiary/aromatic N) is 4. The highest BCUT2D eigenvalue weighted by Crippen LogP contribution is 2.22. The summed E-state index contributed by atoms with van der Waals surface area (Å²) in [6.45, 7) is 0.634. The van der Waals surface area contributed by atoms with Crippen molar-refractivity contribution >= 4 is 16.8 Å². The number of halogens is 3. The maximum Gasteiger partial charge on any atom is 0.422 e. The summed E-state index contributed by atoms with van der Waals surface area (Å²) >= 11 is 0. The molecule has 1 aliphatic carbocycles. The lowest BCUT2D eigenvalue weighted by atomic mass is 9.93. The molecule has 10 heteroatoms. The van der Waals surface area contributed by atoms with Gasteiger partial charge < -0.3 is 10.1 Å². The first-order valence-corrected chi connectivity index (χ1v) is 10.0. The van der Waals surface area contributed by atoms with Crippen LogP contribution in [0.1, 0.15) is 36.1 Å². The third-order valence-electron chi connectivity index (χ3n) is 5.17. The van der Waals surface area contributed by atoms with Crippen molar-refractivity contribution in [3.8, 4) is 5.88 Å². The Bertz CT molecular complexity index is 1090. The van der Waals surface area contributed by atoms with Crippen LogP contribution in [-0.4, -0.2) is 44.5 Å². The van der Waals surface area contributed by atoms with Crippen LogP contribution in [0.15, 0.2) is 30.7 Å². The Morgan fingerprint density at radius 1 is 1.32 bits per heavy atom. The molecule has 1 fully saturated rings. The van der Waals surface area contributed by atoms with E-state index in [0.717, 1.165) is 35.7 Å². The number of fused-ring (bicyclic) bond motifs is 1. The summed E-state index contributed by atoms with van der Waals surface area (Å²) in [5.74, 6) is -0.0950. The van der Waals surface area contributed by atoms with Gasteiger partial charge >= 0.3 is 6.18 Å². The van der Waals surface area contributed by atoms with Crippen LogP contribution in [0.5, 0.6) is 5.88 Å². The van der Waals surface area contributed by atoms with Gasteiger partial charge in [-0.25, -0.2) is 4.98 Å². The Morgan fingerprint density at radius 2 is 2.13 bits per heavy atom. The predicted molar refractivity (Wildman–Crippen MR) is 107 cm³/mol. The number of pyridine rings is 2. The molecular formula is C21H22F3N5O2. The van der Waals surface area contributed by atoms with Crippen LogP contribution in [0, 0.1) is 6.92 Å². The van der Waals surface area contributed by atoms with Crippen LogP contribution in [0.3, 0.4) is 0 Å². The topological polar surface area (TPSA) is 81.9 Å². The molecule has 4 rings (SSSR count). The highest BCUT2D eigenvalue weighted by Gasteiger charge is 2.29. The molecule has 3 heterocycles. The average Bonchev–Trinajstić information content (AvgIpc) is 3.07. The zero-order chi connectivity index (χ0) is 22.0. The number of nitrogens with one attached hydrogen (secondary N) is 1. The lowest BCUT2D eigenvalue weighted by Gasteiger charge is -2.26. The number of rotatable bonds is 7. The molecule has 1 N–H and O–H groups in total. The van der Waals surface area contributed by atoms with Crippen LogP contribution >= 0.6 is 0 Å². The van der Waals surface area contributed by atoms with E-state index >= 15 is 0 Å². The van der Waals surface area contributed by atoms with Gasteiger partial charge in [-0.3, -0.25) is 14.5 Å². The highest BCUT2D eigenvalue weighted by atomic mass is 19.4. The summed E-state index contributed by atoms with van der Waals surface area (Å²) in [7, 11) is 0. The van der Waals surface area contributed by atoms with Crippen LogP contribution in [0.2, 0.25) is 0 Å². The van der Waals surface area contributed by atoms with E-state index in [1.807, 2.05) is 6.20 Å². The smallest absolute Gasteiger partial charge is 0.422 e. The van der Waals surface area contributed by atoms with E-state index in [9.17, 15) is 18.0 Å². The molecular weight excluding hydrogens is 411 g/mol. The molecule has 0 radical (unpaired) electrons. The van der Waals surface area contributed by atoms with Gasteiger partial charge in [0.25, 0.3) is 0 Å². The van der Waals surface area contributed by atoms with Gasteiger partial charge in [0.2, 0.25) is 11.8 Å². The van der Waals surface area contributed by atoms with E-state index in [4.69, 9.17) is 4.74 Å². The van der Waals surface area contributed by atoms with Crippen molar-refractivity contribution in [1.29, 1.82) is 0 Å². The summed E-state index contributed by atoms with van der Waals surface area (Å²) in [6, 6.07) is 3.76. The van der Waals surface area contributed by atoms with Crippen LogP contribution in [-0.2, 0) is 17.8 Å². The second-order valence-corrected chi connectivity index (χ2v) is 7.76. The van der Waals surface area contributed by atoms with E-state index in [-0.39, 0.29) is 24.2 Å². The first-order valence-electron chi connectivity index (χ1n) is 10.0. The van der Waals surface area contributed by atoms with Gasteiger partial charge in [0.1, 0.15) is 0 Å². The maximum absolute atomic E-state index is 12.3. The molecule has 0 aromatic carbocycles. The molecule has 0 aliphatic heterocycles. The van der Waals surface area contributed by atoms with Crippen molar-refractivity contribution in [2.24, 2.45) is 0 Å². The Balaban J connectivity index is 1.46. The molecule has 3 aromatic rings. The highest BCUT2D eigenvalue weighted by molar-refractivity contribution is 5.86. The molecule has 164 valence electrons. The van der Waals surface area contributed by atoms with Crippen molar-refractivity contribution in [1.82, 2.24) is 25.1 Å². The second-order valence-electron chi connectivity index (χ2n) is 7.76. The minimum Gasteiger partial charge on any atom is -0.468 e. The number of aryl methyl sites for hydroxylation is 1. The summed E-state index contributed by atoms with van der Waals surface area (Å²) in [4.78, 5) is 20.6. The van der Waals surface area contributed by atoms with Crippen molar-refractivity contribution in [3.05, 3.63) is 47.5 Å². The molecule has 0 bridgehead atoms. The lowest BCUT2D eigenvalue weighted by Crippen LogP contribution is -2.40. The quantitative estimate of drug-likeness (QED) is 0.618. The zero-order valence-corrected chi connectivity index (χ0v) is 16.9. The first-order chi connectivity index (χ1) is 14.8. The van der Waals surface area contributed by atoms with Crippen molar-refractivity contribution in [2.45, 2.75) is 51.4 Å². The summed E-state index contributed by atoms with van der Waals surface area (Å²) < 4.78 is 43.5. The van der Waals surface area contributed by atoms with Gasteiger partial charge in [-0.2, -0.15) is 18.3 Å². The number of aromatic nitrogens is 4. The number of amides is 1. The Morgan fingerprint density at radius 3 is 2.81 bits per heavy atom. The Hall–Kier alpha value is -3.17. The third kappa shape index (κ3) is 5.31. The van der Waals surface area contributed by atoms with E-state index in [0.29, 0.717) is 17.8 Å². The minimum atomic E-state index is -4.41. The number of alkyl halides is 3. The molecule has 1 saturated carbocycles. The Kier molecular flexibility index (Phi) is 5.79. The summed E-state index contributed by atoms with van der Waals surface area (Å²) in [5.41, 5.74) is 2.65. The fourth-order valence-electron chi connectivity index (χ4n) is 3.45. The SMILES string of the molecule is Cc1cc(Cn2cc3c(CC(=O)NC4CCC4)nccc3n2)cnc1OCC(F)(F)F. The van der Waals surface area contributed by atoms with Crippen molar-refractivity contribution < 1.29 is 22.7 Å². The molecule has 31 heavy (non-hydrogen) atoms. The average molecular weight is 433 g/mol. The second kappa shape index (κ2) is 8.52. The van der Waals surface area contributed by atoms with Gasteiger partial charge in [0, 0.05) is 35.6 Å². The van der Waals surface area contributed by atoms with Gasteiger partial charge in [0.05, 0.1) is 24.2 Å². The number of ether oxygens (including phenoxy) is 1. The minimum absolute atomic E-state index is 0.0457. The fourth-order valence-corrected chi connectivity index (χ4v) is 3.45. The van der Waals surface area contributed by atoms with E-state index in [1.54, 1.807) is 29.9 Å². The fraction of sp³-hybridized carbons (Fsp3) is 0.429. The summed E-state index contributed by atoms with van der Waals surface area (Å²) in [5, 5.41) is 8.33. The molecule has 0 atom stereocenters. The number of carbonyl (C=O) groups excluding carboxylic acids is 1. The molecule has 3 aromatic heterocycles. The van der Waals surface area contributed by atoms with E-state index in [1.165, 1.54) is 6.20 Å². The van der Waals surface area contributed by atoms with Crippen molar-refractivity contribution in [3.63, 3.8) is 0 Å². The number of hydrogen-bond acceptors (Lipinski definition) is 5. The van der Waals surface area contributed by atoms with E-state index < -0.39 is 12.8 Å². The standard InChI is InChI=1S/C21H22F3N5O2/c1-13-7-14(9-26-20(13)31-12-21(22,23)24)10-29-11-16-17(28-29)5-6-25-18(16)8-19(30)27-15-3-2-4-15/h5-7,9,11,15H,2-4,8,10,12H2,1H3,(H,27,30). The summed E-state index contributed by atoms with van der Waals surface area (Å²) in [6.07, 6.45) is 3.88. The van der Waals surface area contributed by atoms with Gasteiger partial charge in [-0.15, -0.1) is 0 Å². The molecule has 0 spiro atoms. The first kappa shape index (κ1) is 21.1. The Labute approximate surface area is 176 Å². The molecule has 0 saturated heterocycles. The number of hydrogen-bond donors (Lipinski definition) is 1. The zero-order valence-electron chi connectivity index (χ0n) is 16.9. The van der Waals surface area contributed by atoms with E-state index in [2.05, 4.69) is 20.4 Å². The molecule has 1 aliphatic rings. The van der Waals surface area contributed by atoms with Crippen LogP contribution in [0.25, 0.3) is 10.9 Å². The van der Waals surface area contributed by atoms with Crippen molar-refractivity contribution in [2.75, 3.05) is 6.61 Å². The number of carbonyl (C=O) groups is 1. The monoisotopic (exact) mass is 433 g/mol. The third-order valence-corrected chi connectivity index (χ3v) is 5.17. The molecule has 7 nitrogen and oxygen atoms in total. The molecule has 1 amide bonds. The van der Waals surface area contributed by atoms with Gasteiger partial charge in [0.15, 0.2) is 6.61 Å².